The largest absolute Gasteiger partial charge is 0.373 e. The molecule has 3 aromatic carbocycles. The second kappa shape index (κ2) is 8.64. The number of carbonyl (C=O) groups is 1. The molecule has 2 aromatic heterocycles. The molecule has 7 heteroatoms. The van der Waals surface area contributed by atoms with E-state index < -0.39 is 0 Å². The van der Waals surface area contributed by atoms with Crippen LogP contribution in [0.1, 0.15) is 15.4 Å². The number of rotatable bonds is 6. The summed E-state index contributed by atoms with van der Waals surface area (Å²) in [6.45, 7) is 0. The van der Waals surface area contributed by atoms with E-state index in [4.69, 9.17) is 9.97 Å². The van der Waals surface area contributed by atoms with Crippen LogP contribution in [0.3, 0.4) is 0 Å². The molecule has 0 saturated carbocycles. The number of carbonyl (C=O) groups excluding carboxylic acids is 1. The third-order valence-corrected chi connectivity index (χ3v) is 5.90. The van der Waals surface area contributed by atoms with Crippen molar-refractivity contribution in [3.63, 3.8) is 0 Å². The first-order valence-corrected chi connectivity index (χ1v) is 11.0. The van der Waals surface area contributed by atoms with E-state index in [9.17, 15) is 4.79 Å². The van der Waals surface area contributed by atoms with E-state index in [-0.39, 0.29) is 12.2 Å². The summed E-state index contributed by atoms with van der Waals surface area (Å²) in [5, 5.41) is 12.6. The average molecular weight is 438 g/mol. The quantitative estimate of drug-likeness (QED) is 0.364. The van der Waals surface area contributed by atoms with Crippen molar-refractivity contribution in [1.29, 1.82) is 0 Å². The number of fused-ring (bicyclic) bond motifs is 1. The fourth-order valence-corrected chi connectivity index (χ4v) is 4.12. The van der Waals surface area contributed by atoms with Crippen LogP contribution >= 0.6 is 11.3 Å². The molecule has 0 radical (unpaired) electrons. The zero-order chi connectivity index (χ0) is 21.9. The van der Waals surface area contributed by atoms with Gasteiger partial charge in [-0.3, -0.25) is 4.79 Å². The Morgan fingerprint density at radius 3 is 2.50 bits per heavy atom. The van der Waals surface area contributed by atoms with E-state index in [2.05, 4.69) is 21.6 Å². The van der Waals surface area contributed by atoms with Gasteiger partial charge in [-0.25, -0.2) is 9.97 Å². The van der Waals surface area contributed by atoms with Crippen LogP contribution in [0, 0.1) is 0 Å². The zero-order valence-corrected chi connectivity index (χ0v) is 18.1. The zero-order valence-electron chi connectivity index (χ0n) is 17.3. The number of benzene rings is 3. The summed E-state index contributed by atoms with van der Waals surface area (Å²) in [7, 11) is 1.86. The van der Waals surface area contributed by atoms with E-state index in [0.717, 1.165) is 38.4 Å². The molecular weight excluding hydrogens is 418 g/mol. The summed E-state index contributed by atoms with van der Waals surface area (Å²) in [6, 6.07) is 23.7. The lowest BCUT2D eigenvalue weighted by molar-refractivity contribution is 0.0992. The molecule has 0 spiro atoms. The number of nitrogens with one attached hydrogen (secondary N) is 1. The van der Waals surface area contributed by atoms with E-state index >= 15 is 0 Å². The second-order valence-corrected chi connectivity index (χ2v) is 8.17. The van der Waals surface area contributed by atoms with Gasteiger partial charge in [0.15, 0.2) is 11.6 Å². The predicted octanol–water partition coefficient (Wildman–Crippen LogP) is 5.28. The molecule has 0 amide bonds. The van der Waals surface area contributed by atoms with Crippen LogP contribution in [-0.4, -0.2) is 33.0 Å². The molecule has 0 aliphatic rings. The fourth-order valence-electron chi connectivity index (χ4n) is 3.60. The van der Waals surface area contributed by atoms with Crippen LogP contribution in [0.15, 0.2) is 78.3 Å². The summed E-state index contributed by atoms with van der Waals surface area (Å²) < 4.78 is 0. The number of Topliss-reactive ketones (excluding diaryl/α,β-unsaturated/α-hetero) is 1. The van der Waals surface area contributed by atoms with E-state index in [1.807, 2.05) is 73.8 Å². The molecule has 0 aliphatic heterocycles. The first kappa shape index (κ1) is 20.0. The van der Waals surface area contributed by atoms with Gasteiger partial charge in [0.05, 0.1) is 11.9 Å². The van der Waals surface area contributed by atoms with Crippen LogP contribution in [0.25, 0.3) is 33.4 Å². The first-order valence-electron chi connectivity index (χ1n) is 10.1. The van der Waals surface area contributed by atoms with Crippen molar-refractivity contribution in [3.8, 4) is 22.5 Å². The monoisotopic (exact) mass is 437 g/mol. The number of hydrogen-bond acceptors (Lipinski definition) is 7. The average Bonchev–Trinajstić information content (AvgIpc) is 3.36. The van der Waals surface area contributed by atoms with Crippen LogP contribution < -0.4 is 5.32 Å². The summed E-state index contributed by atoms with van der Waals surface area (Å²) in [6.07, 6.45) is 0.256. The van der Waals surface area contributed by atoms with Crippen LogP contribution in [0.4, 0.5) is 5.82 Å². The number of ketones is 1. The van der Waals surface area contributed by atoms with Crippen LogP contribution in [-0.2, 0) is 6.42 Å². The minimum absolute atomic E-state index is 0.0242. The normalized spacial score (nSPS) is 10.9. The molecule has 0 saturated heterocycles. The minimum Gasteiger partial charge on any atom is -0.373 e. The summed E-state index contributed by atoms with van der Waals surface area (Å²) >= 11 is 1.39. The van der Waals surface area contributed by atoms with Gasteiger partial charge in [-0.05, 0) is 29.3 Å². The van der Waals surface area contributed by atoms with Gasteiger partial charge in [-0.15, -0.1) is 21.5 Å². The molecule has 156 valence electrons. The molecule has 5 aromatic rings. The van der Waals surface area contributed by atoms with Crippen molar-refractivity contribution < 1.29 is 4.79 Å². The van der Waals surface area contributed by atoms with Crippen molar-refractivity contribution in [2.45, 2.75) is 6.42 Å². The Balaban J connectivity index is 1.52. The van der Waals surface area contributed by atoms with Gasteiger partial charge in [0.1, 0.15) is 16.3 Å². The molecule has 1 N–H and O–H groups in total. The maximum atomic E-state index is 12.7. The summed E-state index contributed by atoms with van der Waals surface area (Å²) in [5.74, 6) is 1.47. The van der Waals surface area contributed by atoms with Gasteiger partial charge in [0, 0.05) is 23.6 Å². The van der Waals surface area contributed by atoms with Gasteiger partial charge in [0.25, 0.3) is 0 Å². The highest BCUT2D eigenvalue weighted by Crippen LogP contribution is 2.30. The van der Waals surface area contributed by atoms with Crippen molar-refractivity contribution in [2.24, 2.45) is 0 Å². The molecule has 6 nitrogen and oxygen atoms in total. The van der Waals surface area contributed by atoms with E-state index in [0.29, 0.717) is 11.4 Å². The molecule has 32 heavy (non-hydrogen) atoms. The Bertz CT molecular complexity index is 1400. The molecule has 5 rings (SSSR count). The molecule has 2 heterocycles. The summed E-state index contributed by atoms with van der Waals surface area (Å²) in [5.41, 5.74) is 6.08. The molecule has 0 unspecified atom stereocenters. The molecule has 0 bridgehead atoms. The van der Waals surface area contributed by atoms with Crippen molar-refractivity contribution in [2.75, 3.05) is 12.4 Å². The van der Waals surface area contributed by atoms with Gasteiger partial charge >= 0.3 is 0 Å². The smallest absolute Gasteiger partial charge is 0.169 e. The highest BCUT2D eigenvalue weighted by atomic mass is 32.1. The Morgan fingerprint density at radius 1 is 0.906 bits per heavy atom. The number of nitrogens with zero attached hydrogens (tertiary/aromatic N) is 4. The van der Waals surface area contributed by atoms with Crippen LogP contribution in [0.5, 0.6) is 0 Å². The van der Waals surface area contributed by atoms with Gasteiger partial charge in [0.2, 0.25) is 0 Å². The Kier molecular flexibility index (Phi) is 5.39. The maximum absolute atomic E-state index is 12.7. The molecular formula is C25H19N5OS. The number of anilines is 1. The van der Waals surface area contributed by atoms with Gasteiger partial charge in [-0.2, -0.15) is 0 Å². The molecule has 0 aliphatic carbocycles. The van der Waals surface area contributed by atoms with Crippen molar-refractivity contribution in [1.82, 2.24) is 20.2 Å². The van der Waals surface area contributed by atoms with Crippen molar-refractivity contribution in [3.05, 3.63) is 88.9 Å². The van der Waals surface area contributed by atoms with Gasteiger partial charge in [-0.1, -0.05) is 54.6 Å². The lowest BCUT2D eigenvalue weighted by Gasteiger charge is -2.11. The third-order valence-electron chi connectivity index (χ3n) is 5.20. The number of hydrogen-bond donors (Lipinski definition) is 1. The fraction of sp³-hybridized carbons (Fsp3) is 0.0800. The highest BCUT2D eigenvalue weighted by molar-refractivity contribution is 7.09. The second-order valence-electron chi connectivity index (χ2n) is 7.26. The first-order chi connectivity index (χ1) is 15.7. The lowest BCUT2D eigenvalue weighted by Crippen LogP contribution is -2.03. The third kappa shape index (κ3) is 3.98. The van der Waals surface area contributed by atoms with Crippen molar-refractivity contribution >= 4 is 33.8 Å². The van der Waals surface area contributed by atoms with Gasteiger partial charge < -0.3 is 5.32 Å². The minimum atomic E-state index is 0.0242. The molecule has 0 atom stereocenters. The topological polar surface area (TPSA) is 80.7 Å². The Labute approximate surface area is 189 Å². The number of aromatic nitrogens is 4. The lowest BCUT2D eigenvalue weighted by atomic mass is 9.99. The van der Waals surface area contributed by atoms with E-state index in [1.54, 1.807) is 5.51 Å². The standard InChI is InChI=1S/C25H19N5OS/c1-26-25-20-13-18(10-11-21(20)28-24(29-25)16-6-3-2-4-7-16)17-8-5-9-19(12-17)22(31)14-23-30-27-15-32-23/h2-13,15H,14H2,1H3,(H,26,28,29). The Morgan fingerprint density at radius 2 is 1.72 bits per heavy atom. The maximum Gasteiger partial charge on any atom is 0.169 e. The highest BCUT2D eigenvalue weighted by Gasteiger charge is 2.13. The van der Waals surface area contributed by atoms with Crippen LogP contribution in [0.2, 0.25) is 0 Å². The molecule has 0 fully saturated rings. The SMILES string of the molecule is CNc1nc(-c2ccccc2)nc2ccc(-c3cccc(C(=O)Cc4nncs4)c3)cc12. The summed E-state index contributed by atoms with van der Waals surface area (Å²) in [4.78, 5) is 22.2. The Hall–Kier alpha value is -3.97. The van der Waals surface area contributed by atoms with E-state index in [1.165, 1.54) is 11.3 Å². The predicted molar refractivity (Wildman–Crippen MR) is 128 cm³/mol.